The van der Waals surface area contributed by atoms with Gasteiger partial charge in [-0.3, -0.25) is 9.59 Å². The number of fused-ring (bicyclic) bond motifs is 1. The standard InChI is InChI=1S/C25H35NO4/c1-6-7-8-9-18-15(3)13-17-12-14(2)10-11-19(17)25(18,5)23(29)20-22(28)21(16(4)27)26-24(20)30/h6-9,13-14,16-19,21,27,29H,10-12H2,1-5H3,(H,26,30)/b7-6+,9-8+,23-20-/t14-,16+,17+,18-,19-,21+,25-/m1/s1. The third-order valence-corrected chi connectivity index (χ3v) is 7.42. The number of amides is 1. The lowest BCUT2D eigenvalue weighted by molar-refractivity contribution is -0.118. The van der Waals surface area contributed by atoms with Crippen LogP contribution in [0.15, 0.2) is 47.3 Å². The summed E-state index contributed by atoms with van der Waals surface area (Å²) in [6.07, 6.45) is 12.3. The molecule has 0 unspecified atom stereocenters. The van der Waals surface area contributed by atoms with E-state index in [1.165, 1.54) is 6.92 Å². The second-order valence-electron chi connectivity index (χ2n) is 9.55. The van der Waals surface area contributed by atoms with E-state index in [4.69, 9.17) is 0 Å². The summed E-state index contributed by atoms with van der Waals surface area (Å²) in [5, 5.41) is 24.0. The molecule has 1 amide bonds. The van der Waals surface area contributed by atoms with Gasteiger partial charge in [0.1, 0.15) is 17.4 Å². The van der Waals surface area contributed by atoms with Gasteiger partial charge in [-0.15, -0.1) is 0 Å². The van der Waals surface area contributed by atoms with Crippen LogP contribution < -0.4 is 5.32 Å². The number of nitrogens with one attached hydrogen (secondary N) is 1. The fourth-order valence-electron chi connectivity index (χ4n) is 5.84. The molecule has 1 saturated carbocycles. The van der Waals surface area contributed by atoms with Gasteiger partial charge in [0.2, 0.25) is 0 Å². The number of carbonyl (C=O) groups is 2. The molecule has 1 aliphatic heterocycles. The number of carbonyl (C=O) groups excluding carboxylic acids is 2. The summed E-state index contributed by atoms with van der Waals surface area (Å²) in [6, 6.07) is -1.00. The molecule has 1 heterocycles. The Kier molecular flexibility index (Phi) is 6.42. The second kappa shape index (κ2) is 8.54. The van der Waals surface area contributed by atoms with Crippen molar-refractivity contribution in [2.75, 3.05) is 0 Å². The molecule has 0 bridgehead atoms. The zero-order valence-corrected chi connectivity index (χ0v) is 18.7. The molecule has 2 aliphatic carbocycles. The first-order valence-electron chi connectivity index (χ1n) is 11.1. The van der Waals surface area contributed by atoms with Gasteiger partial charge in [-0.05, 0) is 51.4 Å². The van der Waals surface area contributed by atoms with Crippen molar-refractivity contribution in [3.05, 3.63) is 47.3 Å². The Morgan fingerprint density at radius 1 is 1.30 bits per heavy atom. The first-order valence-corrected chi connectivity index (χ1v) is 11.1. The van der Waals surface area contributed by atoms with Gasteiger partial charge in [0.05, 0.1) is 6.10 Å². The summed E-state index contributed by atoms with van der Waals surface area (Å²) in [7, 11) is 0. The van der Waals surface area contributed by atoms with Crippen molar-refractivity contribution in [2.24, 2.45) is 29.1 Å². The molecule has 5 heteroatoms. The average molecular weight is 414 g/mol. The molecule has 0 radical (unpaired) electrons. The highest BCUT2D eigenvalue weighted by Gasteiger charge is 2.54. The number of allylic oxidation sites excluding steroid dienone is 7. The van der Waals surface area contributed by atoms with Crippen LogP contribution >= 0.6 is 0 Å². The van der Waals surface area contributed by atoms with Gasteiger partial charge in [0, 0.05) is 11.3 Å². The number of hydrogen-bond acceptors (Lipinski definition) is 4. The summed E-state index contributed by atoms with van der Waals surface area (Å²) in [5.41, 5.74) is 0.205. The molecular weight excluding hydrogens is 378 g/mol. The normalized spacial score (nSPS) is 39.8. The third-order valence-electron chi connectivity index (χ3n) is 7.42. The molecule has 3 N–H and O–H groups in total. The summed E-state index contributed by atoms with van der Waals surface area (Å²) in [5.74, 6) is -0.300. The lowest BCUT2D eigenvalue weighted by Gasteiger charge is -2.52. The van der Waals surface area contributed by atoms with Crippen LogP contribution in [0.1, 0.15) is 53.9 Å². The van der Waals surface area contributed by atoms with E-state index in [0.29, 0.717) is 11.8 Å². The molecule has 164 valence electrons. The van der Waals surface area contributed by atoms with E-state index < -0.39 is 29.3 Å². The zero-order chi connectivity index (χ0) is 22.2. The lowest BCUT2D eigenvalue weighted by Crippen LogP contribution is -2.46. The third kappa shape index (κ3) is 3.68. The van der Waals surface area contributed by atoms with Crippen molar-refractivity contribution >= 4 is 11.7 Å². The molecule has 0 aromatic rings. The van der Waals surface area contributed by atoms with Crippen LogP contribution in [0.3, 0.4) is 0 Å². The fourth-order valence-corrected chi connectivity index (χ4v) is 5.84. The van der Waals surface area contributed by atoms with Crippen LogP contribution in [-0.2, 0) is 9.59 Å². The molecule has 5 nitrogen and oxygen atoms in total. The monoisotopic (exact) mass is 413 g/mol. The maximum Gasteiger partial charge on any atom is 0.259 e. The van der Waals surface area contributed by atoms with Crippen molar-refractivity contribution in [3.63, 3.8) is 0 Å². The molecule has 0 aromatic heterocycles. The van der Waals surface area contributed by atoms with Crippen molar-refractivity contribution in [3.8, 4) is 0 Å². The molecule has 0 spiro atoms. The van der Waals surface area contributed by atoms with Crippen molar-refractivity contribution < 1.29 is 19.8 Å². The minimum Gasteiger partial charge on any atom is -0.511 e. The van der Waals surface area contributed by atoms with Gasteiger partial charge in [-0.2, -0.15) is 0 Å². The maximum atomic E-state index is 12.9. The quantitative estimate of drug-likeness (QED) is 0.214. The van der Waals surface area contributed by atoms with Crippen LogP contribution in [0.5, 0.6) is 0 Å². The highest BCUT2D eigenvalue weighted by Crippen LogP contribution is 2.57. The molecule has 1 saturated heterocycles. The fraction of sp³-hybridized carbons (Fsp3) is 0.600. The summed E-state index contributed by atoms with van der Waals surface area (Å²) < 4.78 is 0. The van der Waals surface area contributed by atoms with E-state index in [-0.39, 0.29) is 23.2 Å². The van der Waals surface area contributed by atoms with Gasteiger partial charge in [-0.1, -0.05) is 56.2 Å². The zero-order valence-electron chi connectivity index (χ0n) is 18.7. The van der Waals surface area contributed by atoms with E-state index in [1.807, 2.05) is 32.1 Å². The Labute approximate surface area is 179 Å². The Bertz CT molecular complexity index is 834. The molecule has 7 atom stereocenters. The van der Waals surface area contributed by atoms with Crippen LogP contribution in [0.2, 0.25) is 0 Å². The van der Waals surface area contributed by atoms with Crippen LogP contribution in [0.4, 0.5) is 0 Å². The Hall–Kier alpha value is -2.14. The van der Waals surface area contributed by atoms with Gasteiger partial charge in [0.15, 0.2) is 5.78 Å². The second-order valence-corrected chi connectivity index (χ2v) is 9.55. The van der Waals surface area contributed by atoms with E-state index in [1.54, 1.807) is 0 Å². The Morgan fingerprint density at radius 2 is 2.00 bits per heavy atom. The Morgan fingerprint density at radius 3 is 2.60 bits per heavy atom. The molecule has 3 rings (SSSR count). The number of aliphatic hydroxyl groups excluding tert-OH is 2. The maximum absolute atomic E-state index is 12.9. The average Bonchev–Trinajstić information content (AvgIpc) is 2.97. The van der Waals surface area contributed by atoms with Gasteiger partial charge in [0.25, 0.3) is 5.91 Å². The Balaban J connectivity index is 2.16. The SMILES string of the molecule is C/C=C/C=C/[C@@H]1C(C)=C[C@@H]2C[C@H](C)CC[C@H]2[C@]1(C)/C(O)=C1/C(=O)N[C@@H]([C@H](C)O)C1=O. The van der Waals surface area contributed by atoms with E-state index in [9.17, 15) is 19.8 Å². The number of hydrogen-bond donors (Lipinski definition) is 3. The number of Topliss-reactive ketones (excluding diaryl/α,β-unsaturated/α-hetero) is 1. The molecule has 0 aromatic carbocycles. The number of aliphatic hydroxyl groups is 2. The van der Waals surface area contributed by atoms with E-state index >= 15 is 0 Å². The van der Waals surface area contributed by atoms with Crippen LogP contribution in [0, 0.1) is 29.1 Å². The predicted molar refractivity (Wildman–Crippen MR) is 118 cm³/mol. The smallest absolute Gasteiger partial charge is 0.259 e. The largest absolute Gasteiger partial charge is 0.511 e. The molecule has 2 fully saturated rings. The van der Waals surface area contributed by atoms with Crippen LogP contribution in [-0.4, -0.2) is 34.0 Å². The summed E-state index contributed by atoms with van der Waals surface area (Å²) in [4.78, 5) is 25.6. The molecule has 30 heavy (non-hydrogen) atoms. The van der Waals surface area contributed by atoms with Gasteiger partial charge in [-0.25, -0.2) is 0 Å². The minimum atomic E-state index is -1.01. The lowest BCUT2D eigenvalue weighted by atomic mass is 9.52. The molecular formula is C25H35NO4. The predicted octanol–water partition coefficient (Wildman–Crippen LogP) is 4.01. The van der Waals surface area contributed by atoms with Crippen LogP contribution in [0.25, 0.3) is 0 Å². The van der Waals surface area contributed by atoms with E-state index in [0.717, 1.165) is 24.8 Å². The minimum absolute atomic E-state index is 0.123. The van der Waals surface area contributed by atoms with E-state index in [2.05, 4.69) is 31.3 Å². The van der Waals surface area contributed by atoms with Crippen molar-refractivity contribution in [2.45, 2.75) is 66.0 Å². The van der Waals surface area contributed by atoms with Crippen molar-refractivity contribution in [1.82, 2.24) is 5.32 Å². The highest BCUT2D eigenvalue weighted by atomic mass is 16.3. The highest BCUT2D eigenvalue weighted by molar-refractivity contribution is 6.27. The summed E-state index contributed by atoms with van der Waals surface area (Å²) in [6.45, 7) is 9.75. The first-order chi connectivity index (χ1) is 14.1. The number of ketones is 1. The number of rotatable bonds is 4. The van der Waals surface area contributed by atoms with Gasteiger partial charge < -0.3 is 15.5 Å². The first kappa shape index (κ1) is 22.5. The summed E-state index contributed by atoms with van der Waals surface area (Å²) >= 11 is 0. The van der Waals surface area contributed by atoms with Gasteiger partial charge >= 0.3 is 0 Å². The molecule has 3 aliphatic rings. The van der Waals surface area contributed by atoms with Crippen molar-refractivity contribution in [1.29, 1.82) is 0 Å². The topological polar surface area (TPSA) is 86.6 Å².